The molecule has 18 heteroatoms. The largest absolute Gasteiger partial charge is 0.480 e. The Balaban J connectivity index is 2.13. The van der Waals surface area contributed by atoms with Crippen LogP contribution in [0.4, 0.5) is 14.6 Å². The number of carbonyl (C=O) groups is 3. The van der Waals surface area contributed by atoms with Crippen molar-refractivity contribution in [2.75, 3.05) is 25.9 Å². The van der Waals surface area contributed by atoms with E-state index in [9.17, 15) is 23.7 Å². The van der Waals surface area contributed by atoms with Gasteiger partial charge in [-0.15, -0.1) is 0 Å². The van der Waals surface area contributed by atoms with E-state index in [1.165, 1.54) is 38.5 Å². The maximum atomic E-state index is 16.0. The minimum Gasteiger partial charge on any atom is -0.453 e. The summed E-state index contributed by atoms with van der Waals surface area (Å²) in [4.78, 5) is 53.4. The van der Waals surface area contributed by atoms with Crippen LogP contribution in [0.1, 0.15) is 138 Å². The minimum absolute atomic E-state index is 0.158. The smallest absolute Gasteiger partial charge is 0.453 e. The van der Waals surface area contributed by atoms with Crippen molar-refractivity contribution >= 4 is 31.5 Å². The van der Waals surface area contributed by atoms with Crippen molar-refractivity contribution in [1.82, 2.24) is 9.55 Å². The molecule has 1 fully saturated rings. The highest BCUT2D eigenvalue weighted by Gasteiger charge is 2.63. The number of alkyl halides is 2. The third-order valence-corrected chi connectivity index (χ3v) is 9.68. The monoisotopic (exact) mass is 795 g/mol. The Morgan fingerprint density at radius 2 is 1.33 bits per heavy atom. The molecule has 1 unspecified atom stereocenters. The second-order valence-electron chi connectivity index (χ2n) is 15.4. The molecule has 54 heavy (non-hydrogen) atoms. The molecule has 0 radical (unpaired) electrons. The van der Waals surface area contributed by atoms with Crippen LogP contribution in [0.2, 0.25) is 0 Å². The third-order valence-electron chi connectivity index (χ3n) is 8.37. The molecular formula is C36H60F2N3O12P. The number of aromatic nitrogens is 2. The van der Waals surface area contributed by atoms with Crippen LogP contribution in [0.25, 0.3) is 0 Å². The number of phosphoric ester groups is 1. The average Bonchev–Trinajstić information content (AvgIpc) is 3.31. The molecule has 0 spiro atoms. The summed E-state index contributed by atoms with van der Waals surface area (Å²) in [5.41, 5.74) is 2.44. The van der Waals surface area contributed by atoms with Gasteiger partial charge in [-0.25, -0.2) is 18.4 Å². The van der Waals surface area contributed by atoms with E-state index < -0.39 is 86.8 Å². The Labute approximate surface area is 316 Å². The second kappa shape index (κ2) is 21.9. The fourth-order valence-electron chi connectivity index (χ4n) is 5.16. The number of phosphoric acid groups is 1. The standard InChI is InChI=1S/C36H60F2N3O12P/c1-8-9-10-11-12-13-14-15-16-17-18-19-20-28(42)53-29-26(52-30(36(29,37)38)41-22-21-27(39)40-33(41)45)23-49-54(46,50-24-47-31(43)34(2,3)4)51-25-48-32(44)35(5,6)7/h21-22,26,29-30H,8-20,23-25H2,1-7H3,(H2,39,40,45)/t26-,29?,30-/m1/s1. The van der Waals surface area contributed by atoms with E-state index in [0.717, 1.165) is 37.9 Å². The van der Waals surface area contributed by atoms with E-state index in [1.807, 2.05) is 0 Å². The highest BCUT2D eigenvalue weighted by Crippen LogP contribution is 2.52. The Bertz CT molecular complexity index is 1410. The molecule has 0 aliphatic carbocycles. The number of anilines is 1. The predicted molar refractivity (Wildman–Crippen MR) is 194 cm³/mol. The fraction of sp³-hybridized carbons (Fsp3) is 0.806. The number of unbranched alkanes of at least 4 members (excludes halogenated alkanes) is 11. The van der Waals surface area contributed by atoms with Gasteiger partial charge in [-0.1, -0.05) is 77.6 Å². The molecule has 3 atom stereocenters. The van der Waals surface area contributed by atoms with Crippen molar-refractivity contribution in [1.29, 1.82) is 0 Å². The predicted octanol–water partition coefficient (Wildman–Crippen LogP) is 7.61. The Hall–Kier alpha value is -2.98. The number of nitrogen functional groups attached to an aromatic ring is 1. The van der Waals surface area contributed by atoms with Crippen molar-refractivity contribution in [2.24, 2.45) is 10.8 Å². The van der Waals surface area contributed by atoms with Gasteiger partial charge in [0, 0.05) is 12.6 Å². The summed E-state index contributed by atoms with van der Waals surface area (Å²) >= 11 is 0. The summed E-state index contributed by atoms with van der Waals surface area (Å²) in [5.74, 6) is -6.67. The van der Waals surface area contributed by atoms with Crippen LogP contribution in [-0.2, 0) is 51.5 Å². The minimum atomic E-state index is -4.86. The van der Waals surface area contributed by atoms with Crippen molar-refractivity contribution in [3.05, 3.63) is 22.7 Å². The lowest BCUT2D eigenvalue weighted by Gasteiger charge is -2.25. The number of esters is 3. The zero-order valence-electron chi connectivity index (χ0n) is 32.8. The van der Waals surface area contributed by atoms with E-state index >= 15 is 8.78 Å². The third kappa shape index (κ3) is 16.0. The fourth-order valence-corrected chi connectivity index (χ4v) is 6.08. The summed E-state index contributed by atoms with van der Waals surface area (Å²) in [6.07, 6.45) is 6.93. The zero-order chi connectivity index (χ0) is 40.6. The number of hydrogen-bond donors (Lipinski definition) is 1. The summed E-state index contributed by atoms with van der Waals surface area (Å²) in [5, 5.41) is 0. The zero-order valence-corrected chi connectivity index (χ0v) is 33.7. The summed E-state index contributed by atoms with van der Waals surface area (Å²) < 4.78 is 82.4. The van der Waals surface area contributed by atoms with Crippen molar-refractivity contribution in [3.8, 4) is 0 Å². The van der Waals surface area contributed by atoms with Gasteiger partial charge in [0.05, 0.1) is 17.4 Å². The molecule has 0 amide bonds. The van der Waals surface area contributed by atoms with Gasteiger partial charge >= 0.3 is 37.3 Å². The van der Waals surface area contributed by atoms with Crippen molar-refractivity contribution < 1.29 is 60.2 Å². The lowest BCUT2D eigenvalue weighted by Crippen LogP contribution is -2.44. The van der Waals surface area contributed by atoms with Gasteiger partial charge in [-0.3, -0.25) is 23.5 Å². The highest BCUT2D eigenvalue weighted by atomic mass is 31.2. The number of nitrogens with two attached hydrogens (primary N) is 1. The van der Waals surface area contributed by atoms with Crippen LogP contribution in [-0.4, -0.2) is 65.8 Å². The highest BCUT2D eigenvalue weighted by molar-refractivity contribution is 7.48. The Kier molecular flexibility index (Phi) is 19.2. The maximum Gasteiger partial charge on any atom is 0.480 e. The molecular weight excluding hydrogens is 735 g/mol. The van der Waals surface area contributed by atoms with Gasteiger partial charge in [-0.2, -0.15) is 13.8 Å². The van der Waals surface area contributed by atoms with Crippen LogP contribution in [0.3, 0.4) is 0 Å². The van der Waals surface area contributed by atoms with E-state index in [2.05, 4.69) is 11.9 Å². The summed E-state index contributed by atoms with van der Waals surface area (Å²) in [7, 11) is -4.86. The van der Waals surface area contributed by atoms with Gasteiger partial charge in [0.15, 0.2) is 6.10 Å². The molecule has 1 aromatic rings. The first-order chi connectivity index (χ1) is 25.2. The van der Waals surface area contributed by atoms with E-state index in [1.54, 1.807) is 41.5 Å². The van der Waals surface area contributed by atoms with Crippen LogP contribution >= 0.6 is 7.82 Å². The summed E-state index contributed by atoms with van der Waals surface area (Å²) in [6, 6.07) is 1.10. The van der Waals surface area contributed by atoms with E-state index in [4.69, 9.17) is 38.3 Å². The second-order valence-corrected chi connectivity index (χ2v) is 17.1. The van der Waals surface area contributed by atoms with Crippen molar-refractivity contribution in [2.45, 2.75) is 156 Å². The van der Waals surface area contributed by atoms with Gasteiger partial charge in [0.25, 0.3) is 0 Å². The van der Waals surface area contributed by atoms with E-state index in [-0.39, 0.29) is 12.2 Å². The average molecular weight is 796 g/mol. The number of ether oxygens (including phenoxy) is 4. The molecule has 1 aliphatic rings. The van der Waals surface area contributed by atoms with Gasteiger partial charge in [-0.05, 0) is 54.0 Å². The molecule has 2 N–H and O–H groups in total. The van der Waals surface area contributed by atoms with Gasteiger partial charge in [0.2, 0.25) is 19.8 Å². The number of hydrogen-bond acceptors (Lipinski definition) is 14. The lowest BCUT2D eigenvalue weighted by atomic mass is 9.98. The first-order valence-corrected chi connectivity index (χ1v) is 20.1. The first-order valence-electron chi connectivity index (χ1n) is 18.7. The summed E-state index contributed by atoms with van der Waals surface area (Å²) in [6.45, 7) is 8.64. The molecule has 2 heterocycles. The maximum absolute atomic E-state index is 16.0. The first kappa shape index (κ1) is 47.2. The van der Waals surface area contributed by atoms with Crippen LogP contribution in [0.15, 0.2) is 17.1 Å². The molecule has 0 aromatic carbocycles. The molecule has 310 valence electrons. The SMILES string of the molecule is CCCCCCCCCCCCCCC(=O)OC1[C@@H](COP(=O)(OCOC(=O)C(C)(C)C)OCOC(=O)C(C)(C)C)O[C@@H](n2ccc(N)nc2=O)C1(F)F. The topological polar surface area (TPSA) is 194 Å². The Morgan fingerprint density at radius 1 is 0.852 bits per heavy atom. The van der Waals surface area contributed by atoms with Crippen LogP contribution in [0, 0.1) is 10.8 Å². The number of rotatable bonds is 24. The van der Waals surface area contributed by atoms with E-state index in [0.29, 0.717) is 17.4 Å². The van der Waals surface area contributed by atoms with Crippen molar-refractivity contribution in [3.63, 3.8) is 0 Å². The van der Waals surface area contributed by atoms with Crippen LogP contribution in [0.5, 0.6) is 0 Å². The molecule has 15 nitrogen and oxygen atoms in total. The Morgan fingerprint density at radius 3 is 1.80 bits per heavy atom. The lowest BCUT2D eigenvalue weighted by molar-refractivity contribution is -0.176. The quantitative estimate of drug-likeness (QED) is 0.0353. The molecule has 1 saturated heterocycles. The number of carbonyl (C=O) groups excluding carboxylic acids is 3. The molecule has 0 bridgehead atoms. The molecule has 2 rings (SSSR count). The molecule has 1 aromatic heterocycles. The normalized spacial score (nSPS) is 18.7. The molecule has 1 aliphatic heterocycles. The van der Waals surface area contributed by atoms with Gasteiger partial charge in [0.1, 0.15) is 11.9 Å². The number of halogens is 2. The molecule has 0 saturated carbocycles. The number of nitrogens with zero attached hydrogens (tertiary/aromatic N) is 2. The van der Waals surface area contributed by atoms with Gasteiger partial charge < -0.3 is 24.7 Å². The van der Waals surface area contributed by atoms with Crippen LogP contribution < -0.4 is 11.4 Å².